The second-order valence-corrected chi connectivity index (χ2v) is 6.06. The zero-order chi connectivity index (χ0) is 13.1. The quantitative estimate of drug-likeness (QED) is 0.880. The average Bonchev–Trinajstić information content (AvgIpc) is 2.31. The van der Waals surface area contributed by atoms with Crippen molar-refractivity contribution < 1.29 is 4.39 Å². The van der Waals surface area contributed by atoms with Gasteiger partial charge < -0.3 is 5.73 Å². The molecule has 0 heterocycles. The van der Waals surface area contributed by atoms with E-state index in [2.05, 4.69) is 15.9 Å². The SMILES string of the molecule is CC(N)c1cc(Br)ccc1Sc1cccc(F)c1. The molecule has 0 saturated heterocycles. The molecule has 2 N–H and O–H groups in total. The number of rotatable bonds is 3. The van der Waals surface area contributed by atoms with Gasteiger partial charge in [0, 0.05) is 20.3 Å². The summed E-state index contributed by atoms with van der Waals surface area (Å²) in [5, 5.41) is 0. The first-order chi connectivity index (χ1) is 8.56. The van der Waals surface area contributed by atoms with Crippen LogP contribution in [-0.2, 0) is 0 Å². The maximum atomic E-state index is 13.1. The molecule has 0 fully saturated rings. The van der Waals surface area contributed by atoms with E-state index in [1.54, 1.807) is 6.07 Å². The summed E-state index contributed by atoms with van der Waals surface area (Å²) >= 11 is 4.96. The van der Waals surface area contributed by atoms with Crippen LogP contribution in [-0.4, -0.2) is 0 Å². The number of hydrogen-bond acceptors (Lipinski definition) is 2. The van der Waals surface area contributed by atoms with Gasteiger partial charge in [0.2, 0.25) is 0 Å². The maximum Gasteiger partial charge on any atom is 0.124 e. The molecule has 2 aromatic carbocycles. The molecule has 1 nitrogen and oxygen atoms in total. The van der Waals surface area contributed by atoms with Gasteiger partial charge in [0.25, 0.3) is 0 Å². The third-order valence-electron chi connectivity index (χ3n) is 2.49. The summed E-state index contributed by atoms with van der Waals surface area (Å²) < 4.78 is 14.1. The lowest BCUT2D eigenvalue weighted by molar-refractivity contribution is 0.624. The van der Waals surface area contributed by atoms with Crippen molar-refractivity contribution in [1.29, 1.82) is 0 Å². The summed E-state index contributed by atoms with van der Waals surface area (Å²) in [5.74, 6) is -0.223. The monoisotopic (exact) mass is 325 g/mol. The van der Waals surface area contributed by atoms with E-state index >= 15 is 0 Å². The highest BCUT2D eigenvalue weighted by Gasteiger charge is 2.09. The normalized spacial score (nSPS) is 12.4. The molecule has 2 aromatic rings. The van der Waals surface area contributed by atoms with E-state index in [0.29, 0.717) is 0 Å². The number of halogens is 2. The van der Waals surface area contributed by atoms with Crippen LogP contribution in [0.15, 0.2) is 56.7 Å². The number of benzene rings is 2. The molecule has 1 atom stereocenters. The molecule has 0 aliphatic heterocycles. The fourth-order valence-electron chi connectivity index (χ4n) is 1.63. The summed E-state index contributed by atoms with van der Waals surface area (Å²) in [4.78, 5) is 1.93. The van der Waals surface area contributed by atoms with Crippen LogP contribution < -0.4 is 5.73 Å². The Kier molecular flexibility index (Phi) is 4.43. The molecule has 0 radical (unpaired) electrons. The Labute approximate surface area is 119 Å². The van der Waals surface area contributed by atoms with Gasteiger partial charge in [-0.1, -0.05) is 33.8 Å². The first-order valence-electron chi connectivity index (χ1n) is 5.54. The first-order valence-corrected chi connectivity index (χ1v) is 7.15. The highest BCUT2D eigenvalue weighted by molar-refractivity contribution is 9.10. The van der Waals surface area contributed by atoms with Crippen molar-refractivity contribution in [2.75, 3.05) is 0 Å². The summed E-state index contributed by atoms with van der Waals surface area (Å²) in [6.07, 6.45) is 0. The summed E-state index contributed by atoms with van der Waals surface area (Å²) in [6.45, 7) is 1.94. The molecule has 0 saturated carbocycles. The molecule has 94 valence electrons. The minimum absolute atomic E-state index is 0.0569. The van der Waals surface area contributed by atoms with Crippen LogP contribution in [0.5, 0.6) is 0 Å². The van der Waals surface area contributed by atoms with Crippen LogP contribution in [0.25, 0.3) is 0 Å². The van der Waals surface area contributed by atoms with Crippen LogP contribution >= 0.6 is 27.7 Å². The average molecular weight is 326 g/mol. The topological polar surface area (TPSA) is 26.0 Å². The Morgan fingerprint density at radius 3 is 2.67 bits per heavy atom. The molecule has 18 heavy (non-hydrogen) atoms. The fourth-order valence-corrected chi connectivity index (χ4v) is 3.08. The molecule has 0 aliphatic carbocycles. The van der Waals surface area contributed by atoms with Crippen LogP contribution in [0.2, 0.25) is 0 Å². The molecule has 0 amide bonds. The standard InChI is InChI=1S/C14H13BrFNS/c1-9(17)13-7-10(15)5-6-14(13)18-12-4-2-3-11(16)8-12/h2-9H,17H2,1H3. The maximum absolute atomic E-state index is 13.1. The van der Waals surface area contributed by atoms with Crippen molar-refractivity contribution in [3.63, 3.8) is 0 Å². The zero-order valence-corrected chi connectivity index (χ0v) is 12.3. The van der Waals surface area contributed by atoms with E-state index in [-0.39, 0.29) is 11.9 Å². The summed E-state index contributed by atoms with van der Waals surface area (Å²) in [6, 6.07) is 12.5. The number of hydrogen-bond donors (Lipinski definition) is 1. The lowest BCUT2D eigenvalue weighted by Gasteiger charge is -2.13. The molecule has 0 aromatic heterocycles. The molecule has 0 bridgehead atoms. The Morgan fingerprint density at radius 2 is 2.00 bits per heavy atom. The Bertz CT molecular complexity index is 557. The van der Waals surface area contributed by atoms with E-state index in [0.717, 1.165) is 19.8 Å². The van der Waals surface area contributed by atoms with Crippen molar-refractivity contribution in [3.05, 3.63) is 58.3 Å². The highest BCUT2D eigenvalue weighted by atomic mass is 79.9. The second-order valence-electron chi connectivity index (χ2n) is 4.03. The molecular weight excluding hydrogens is 313 g/mol. The highest BCUT2D eigenvalue weighted by Crippen LogP contribution is 2.34. The molecule has 4 heteroatoms. The van der Waals surface area contributed by atoms with E-state index in [9.17, 15) is 4.39 Å². The van der Waals surface area contributed by atoms with Gasteiger partial charge in [0.15, 0.2) is 0 Å². The Balaban J connectivity index is 2.34. The van der Waals surface area contributed by atoms with Crippen molar-refractivity contribution in [3.8, 4) is 0 Å². The Hall–Kier alpha value is -0.840. The smallest absolute Gasteiger partial charge is 0.124 e. The third-order valence-corrected chi connectivity index (χ3v) is 4.06. The van der Waals surface area contributed by atoms with Crippen molar-refractivity contribution >= 4 is 27.7 Å². The van der Waals surface area contributed by atoms with Crippen LogP contribution in [0.3, 0.4) is 0 Å². The van der Waals surface area contributed by atoms with Crippen LogP contribution in [0, 0.1) is 5.82 Å². The van der Waals surface area contributed by atoms with Crippen molar-refractivity contribution in [1.82, 2.24) is 0 Å². The number of nitrogens with two attached hydrogens (primary N) is 1. The lowest BCUT2D eigenvalue weighted by atomic mass is 10.1. The van der Waals surface area contributed by atoms with Crippen molar-refractivity contribution in [2.45, 2.75) is 22.8 Å². The van der Waals surface area contributed by atoms with Gasteiger partial charge in [0.1, 0.15) is 5.82 Å². The summed E-state index contributed by atoms with van der Waals surface area (Å²) in [7, 11) is 0. The molecular formula is C14H13BrFNS. The van der Waals surface area contributed by atoms with E-state index in [4.69, 9.17) is 5.73 Å². The van der Waals surface area contributed by atoms with E-state index in [1.807, 2.05) is 31.2 Å². The van der Waals surface area contributed by atoms with Gasteiger partial charge in [-0.05, 0) is 48.9 Å². The van der Waals surface area contributed by atoms with E-state index in [1.165, 1.54) is 23.9 Å². The predicted molar refractivity (Wildman–Crippen MR) is 77.3 cm³/mol. The minimum atomic E-state index is -0.223. The molecule has 1 unspecified atom stereocenters. The Morgan fingerprint density at radius 1 is 1.22 bits per heavy atom. The zero-order valence-electron chi connectivity index (χ0n) is 9.86. The van der Waals surface area contributed by atoms with E-state index < -0.39 is 0 Å². The lowest BCUT2D eigenvalue weighted by Crippen LogP contribution is -2.06. The van der Waals surface area contributed by atoms with Gasteiger partial charge >= 0.3 is 0 Å². The van der Waals surface area contributed by atoms with Gasteiger partial charge in [-0.2, -0.15) is 0 Å². The predicted octanol–water partition coefficient (Wildman–Crippen LogP) is 4.76. The van der Waals surface area contributed by atoms with Gasteiger partial charge in [-0.15, -0.1) is 0 Å². The summed E-state index contributed by atoms with van der Waals surface area (Å²) in [5.41, 5.74) is 7.01. The largest absolute Gasteiger partial charge is 0.324 e. The molecule has 0 aliphatic rings. The van der Waals surface area contributed by atoms with Crippen molar-refractivity contribution in [2.24, 2.45) is 5.73 Å². The first kappa shape index (κ1) is 13.6. The van der Waals surface area contributed by atoms with Gasteiger partial charge in [-0.3, -0.25) is 0 Å². The third kappa shape index (κ3) is 3.34. The molecule has 0 spiro atoms. The van der Waals surface area contributed by atoms with Gasteiger partial charge in [-0.25, -0.2) is 4.39 Å². The second kappa shape index (κ2) is 5.87. The fraction of sp³-hybridized carbons (Fsp3) is 0.143. The van der Waals surface area contributed by atoms with Crippen LogP contribution in [0.1, 0.15) is 18.5 Å². The van der Waals surface area contributed by atoms with Crippen LogP contribution in [0.4, 0.5) is 4.39 Å². The minimum Gasteiger partial charge on any atom is -0.324 e. The van der Waals surface area contributed by atoms with Gasteiger partial charge in [0.05, 0.1) is 0 Å². The molecule has 2 rings (SSSR count).